The maximum absolute atomic E-state index is 12.2. The molecule has 0 bridgehead atoms. The molecule has 0 aromatic heterocycles. The third kappa shape index (κ3) is 4.32. The number of fused-ring (bicyclic) bond motifs is 1. The summed E-state index contributed by atoms with van der Waals surface area (Å²) in [5.41, 5.74) is 1.41. The fourth-order valence-electron chi connectivity index (χ4n) is 2.63. The largest absolute Gasteiger partial charge is 0.350 e. The second-order valence-electron chi connectivity index (χ2n) is 5.92. The highest BCUT2D eigenvalue weighted by molar-refractivity contribution is 6.30. The highest BCUT2D eigenvalue weighted by atomic mass is 35.5. The van der Waals surface area contributed by atoms with Gasteiger partial charge in [-0.05, 0) is 29.8 Å². The number of carbonyl (C=O) groups excluding carboxylic acids is 4. The molecule has 2 N–H and O–H groups in total. The van der Waals surface area contributed by atoms with E-state index in [4.69, 9.17) is 11.6 Å². The average Bonchev–Trinajstić information content (AvgIpc) is 2.91. The molecule has 0 atom stereocenters. The summed E-state index contributed by atoms with van der Waals surface area (Å²) in [6, 6.07) is 13.4. The maximum atomic E-state index is 12.2. The van der Waals surface area contributed by atoms with Crippen molar-refractivity contribution in [2.24, 2.45) is 0 Å². The van der Waals surface area contributed by atoms with E-state index in [1.165, 1.54) is 12.1 Å². The van der Waals surface area contributed by atoms with Crippen LogP contribution in [0.3, 0.4) is 0 Å². The molecule has 0 saturated heterocycles. The van der Waals surface area contributed by atoms with Gasteiger partial charge in [0.15, 0.2) is 0 Å². The van der Waals surface area contributed by atoms with Crippen LogP contribution < -0.4 is 10.6 Å². The van der Waals surface area contributed by atoms with E-state index in [0.29, 0.717) is 11.6 Å². The molecule has 4 amide bonds. The first-order valence-electron chi connectivity index (χ1n) is 8.19. The summed E-state index contributed by atoms with van der Waals surface area (Å²) in [4.78, 5) is 49.1. The summed E-state index contributed by atoms with van der Waals surface area (Å²) in [5, 5.41) is 5.66. The van der Waals surface area contributed by atoms with Gasteiger partial charge in [-0.2, -0.15) is 0 Å². The molecule has 7 nitrogen and oxygen atoms in total. The topological polar surface area (TPSA) is 95.6 Å². The van der Waals surface area contributed by atoms with Crippen molar-refractivity contribution >= 4 is 35.2 Å². The Morgan fingerprint density at radius 1 is 0.852 bits per heavy atom. The van der Waals surface area contributed by atoms with Gasteiger partial charge in [-0.15, -0.1) is 0 Å². The molecule has 1 aliphatic rings. The Morgan fingerprint density at radius 2 is 1.44 bits per heavy atom. The van der Waals surface area contributed by atoms with Gasteiger partial charge in [0.1, 0.15) is 6.54 Å². The first-order valence-corrected chi connectivity index (χ1v) is 8.56. The molecule has 138 valence electrons. The Kier molecular flexibility index (Phi) is 5.52. The van der Waals surface area contributed by atoms with Gasteiger partial charge in [0.25, 0.3) is 11.8 Å². The van der Waals surface area contributed by atoms with Crippen molar-refractivity contribution < 1.29 is 19.2 Å². The molecule has 0 saturated carbocycles. The number of nitrogens with one attached hydrogen (secondary N) is 2. The summed E-state index contributed by atoms with van der Waals surface area (Å²) in [5.74, 6) is -2.01. The van der Waals surface area contributed by atoms with Gasteiger partial charge < -0.3 is 10.6 Å². The van der Waals surface area contributed by atoms with Crippen LogP contribution in [0, 0.1) is 0 Å². The van der Waals surface area contributed by atoms with Crippen LogP contribution in [0.5, 0.6) is 0 Å². The Morgan fingerprint density at radius 3 is 2.04 bits per heavy atom. The summed E-state index contributed by atoms with van der Waals surface area (Å²) in [7, 11) is 0. The number of carbonyl (C=O) groups is 4. The minimum Gasteiger partial charge on any atom is -0.350 e. The maximum Gasteiger partial charge on any atom is 0.262 e. The number of hydrogen-bond donors (Lipinski definition) is 2. The highest BCUT2D eigenvalue weighted by Crippen LogP contribution is 2.21. The molecule has 2 aromatic carbocycles. The van der Waals surface area contributed by atoms with Crippen LogP contribution in [0.1, 0.15) is 26.3 Å². The zero-order valence-electron chi connectivity index (χ0n) is 14.2. The molecule has 27 heavy (non-hydrogen) atoms. The number of amides is 4. The Bertz CT molecular complexity index is 876. The molecular formula is C19H16ClN3O4. The zero-order valence-corrected chi connectivity index (χ0v) is 15.0. The van der Waals surface area contributed by atoms with Crippen molar-refractivity contribution in [3.63, 3.8) is 0 Å². The van der Waals surface area contributed by atoms with Crippen molar-refractivity contribution in [2.75, 3.05) is 13.1 Å². The van der Waals surface area contributed by atoms with E-state index >= 15 is 0 Å². The summed E-state index contributed by atoms with van der Waals surface area (Å²) >= 11 is 5.79. The lowest BCUT2D eigenvalue weighted by atomic mass is 10.1. The fraction of sp³-hybridized carbons (Fsp3) is 0.158. The first-order chi connectivity index (χ1) is 13.0. The summed E-state index contributed by atoms with van der Waals surface area (Å²) < 4.78 is 0. The van der Waals surface area contributed by atoms with E-state index in [-0.39, 0.29) is 23.6 Å². The second kappa shape index (κ2) is 8.01. The van der Waals surface area contributed by atoms with Crippen LogP contribution in [-0.2, 0) is 16.1 Å². The number of rotatable bonds is 6. The third-order valence-electron chi connectivity index (χ3n) is 4.03. The van der Waals surface area contributed by atoms with Crippen molar-refractivity contribution in [1.82, 2.24) is 15.5 Å². The van der Waals surface area contributed by atoms with Crippen LogP contribution in [0.4, 0.5) is 0 Å². The van der Waals surface area contributed by atoms with Crippen molar-refractivity contribution in [1.29, 1.82) is 0 Å². The summed E-state index contributed by atoms with van der Waals surface area (Å²) in [6.07, 6.45) is 0. The van der Waals surface area contributed by atoms with E-state index in [2.05, 4.69) is 10.6 Å². The van der Waals surface area contributed by atoms with Crippen LogP contribution in [-0.4, -0.2) is 41.6 Å². The predicted molar refractivity (Wildman–Crippen MR) is 98.1 cm³/mol. The van der Waals surface area contributed by atoms with Crippen LogP contribution in [0.25, 0.3) is 0 Å². The highest BCUT2D eigenvalue weighted by Gasteiger charge is 2.36. The van der Waals surface area contributed by atoms with Crippen LogP contribution >= 0.6 is 11.6 Å². The molecule has 0 fully saturated rings. The fourth-order valence-corrected chi connectivity index (χ4v) is 2.75. The van der Waals surface area contributed by atoms with E-state index in [1.807, 2.05) is 0 Å². The average molecular weight is 386 g/mol. The quantitative estimate of drug-likeness (QED) is 0.734. The normalized spacial score (nSPS) is 12.7. The zero-order chi connectivity index (χ0) is 19.4. The van der Waals surface area contributed by atoms with Gasteiger partial charge in [0.2, 0.25) is 11.8 Å². The Labute approximate surface area is 160 Å². The van der Waals surface area contributed by atoms with Crippen molar-refractivity contribution in [3.8, 4) is 0 Å². The predicted octanol–water partition coefficient (Wildman–Crippen LogP) is 1.37. The second-order valence-corrected chi connectivity index (χ2v) is 6.36. The molecule has 1 heterocycles. The Balaban J connectivity index is 1.46. The molecule has 0 spiro atoms. The number of nitrogens with zero attached hydrogens (tertiary/aromatic N) is 1. The number of halogens is 1. The van der Waals surface area contributed by atoms with Crippen molar-refractivity contribution in [2.45, 2.75) is 6.54 Å². The van der Waals surface area contributed by atoms with E-state index in [1.54, 1.807) is 36.4 Å². The minimum absolute atomic E-state index is 0.254. The van der Waals surface area contributed by atoms with E-state index < -0.39 is 24.3 Å². The van der Waals surface area contributed by atoms with Crippen LogP contribution in [0.15, 0.2) is 48.5 Å². The lowest BCUT2D eigenvalue weighted by molar-refractivity contribution is -0.126. The standard InChI is InChI=1S/C19H16ClN3O4/c20-13-7-5-12(6-8-13)9-21-16(24)10-22-17(25)11-23-18(26)14-3-1-2-4-15(14)19(23)27/h1-8H,9-11H2,(H,21,24)(H,22,25). The Hall–Kier alpha value is -3.19. The third-order valence-corrected chi connectivity index (χ3v) is 4.28. The van der Waals surface area contributed by atoms with E-state index in [9.17, 15) is 19.2 Å². The van der Waals surface area contributed by atoms with Gasteiger partial charge in [-0.1, -0.05) is 35.9 Å². The number of benzene rings is 2. The molecule has 0 aliphatic carbocycles. The smallest absolute Gasteiger partial charge is 0.262 e. The molecular weight excluding hydrogens is 370 g/mol. The monoisotopic (exact) mass is 385 g/mol. The SMILES string of the molecule is O=C(CNC(=O)CN1C(=O)c2ccccc2C1=O)NCc1ccc(Cl)cc1. The van der Waals surface area contributed by atoms with Gasteiger partial charge in [-0.3, -0.25) is 24.1 Å². The van der Waals surface area contributed by atoms with Gasteiger partial charge in [0.05, 0.1) is 17.7 Å². The van der Waals surface area contributed by atoms with Crippen molar-refractivity contribution in [3.05, 3.63) is 70.2 Å². The van der Waals surface area contributed by atoms with E-state index in [0.717, 1.165) is 10.5 Å². The molecule has 2 aromatic rings. The van der Waals surface area contributed by atoms with Gasteiger partial charge in [-0.25, -0.2) is 0 Å². The molecule has 8 heteroatoms. The molecule has 1 aliphatic heterocycles. The first kappa shape index (κ1) is 18.6. The number of hydrogen-bond acceptors (Lipinski definition) is 4. The van der Waals surface area contributed by atoms with Gasteiger partial charge in [0, 0.05) is 11.6 Å². The number of imide groups is 1. The lowest BCUT2D eigenvalue weighted by Gasteiger charge is -2.13. The molecule has 0 radical (unpaired) electrons. The molecule has 3 rings (SSSR count). The lowest BCUT2D eigenvalue weighted by Crippen LogP contribution is -2.43. The molecule has 0 unspecified atom stereocenters. The minimum atomic E-state index is -0.592. The van der Waals surface area contributed by atoms with Gasteiger partial charge >= 0.3 is 0 Å². The summed E-state index contributed by atoms with van der Waals surface area (Å²) in [6.45, 7) is -0.392. The van der Waals surface area contributed by atoms with Crippen LogP contribution in [0.2, 0.25) is 5.02 Å².